The molecule has 3 rings (SSSR count). The molecule has 0 saturated carbocycles. The molecule has 8 nitrogen and oxygen atoms in total. The Balaban J connectivity index is 1.87. The van der Waals surface area contributed by atoms with Crippen molar-refractivity contribution in [1.82, 2.24) is 0 Å². The topological polar surface area (TPSA) is 106 Å². The van der Waals surface area contributed by atoms with Crippen molar-refractivity contribution in [3.63, 3.8) is 0 Å². The lowest BCUT2D eigenvalue weighted by atomic mass is 9.95. The first-order chi connectivity index (χ1) is 9.92. The summed E-state index contributed by atoms with van der Waals surface area (Å²) in [6, 6.07) is 0. The van der Waals surface area contributed by atoms with Crippen LogP contribution in [0.2, 0.25) is 0 Å². The van der Waals surface area contributed by atoms with Crippen LogP contribution in [0.5, 0.6) is 0 Å². The highest BCUT2D eigenvalue weighted by Gasteiger charge is 2.65. The summed E-state index contributed by atoms with van der Waals surface area (Å²) in [7, 11) is -3.64. The van der Waals surface area contributed by atoms with Crippen molar-refractivity contribution in [1.29, 1.82) is 0 Å². The minimum Gasteiger partial charge on any atom is -0.344 e. The van der Waals surface area contributed by atoms with Gasteiger partial charge in [0.15, 0.2) is 11.6 Å². The van der Waals surface area contributed by atoms with E-state index in [2.05, 4.69) is 0 Å². The lowest BCUT2D eigenvalue weighted by Gasteiger charge is -2.40. The van der Waals surface area contributed by atoms with Crippen molar-refractivity contribution in [2.75, 3.05) is 12.4 Å². The molecule has 0 aromatic rings. The summed E-state index contributed by atoms with van der Waals surface area (Å²) in [6.45, 7) is 7.39. The van der Waals surface area contributed by atoms with E-state index in [1.807, 2.05) is 13.8 Å². The van der Waals surface area contributed by atoms with Crippen molar-refractivity contribution < 1.29 is 32.1 Å². The van der Waals surface area contributed by atoms with E-state index in [0.29, 0.717) is 0 Å². The van der Waals surface area contributed by atoms with Gasteiger partial charge in [-0.25, -0.2) is 13.6 Å². The molecule has 0 bridgehead atoms. The van der Waals surface area contributed by atoms with Gasteiger partial charge in [0.2, 0.25) is 15.8 Å². The van der Waals surface area contributed by atoms with Gasteiger partial charge in [-0.15, -0.1) is 0 Å². The minimum atomic E-state index is -3.64. The van der Waals surface area contributed by atoms with E-state index in [9.17, 15) is 8.42 Å². The summed E-state index contributed by atoms with van der Waals surface area (Å²) in [5, 5.41) is 5.11. The largest absolute Gasteiger partial charge is 0.344 e. The van der Waals surface area contributed by atoms with Crippen LogP contribution < -0.4 is 5.14 Å². The zero-order valence-electron chi connectivity index (χ0n) is 13.2. The predicted molar refractivity (Wildman–Crippen MR) is 75.1 cm³/mol. The molecule has 4 atom stereocenters. The number of hydrogen-bond donors (Lipinski definition) is 1. The van der Waals surface area contributed by atoms with Crippen molar-refractivity contribution in [2.45, 2.75) is 69.8 Å². The summed E-state index contributed by atoms with van der Waals surface area (Å²) in [4.78, 5) is 0. The molecule has 3 aliphatic rings. The van der Waals surface area contributed by atoms with Crippen molar-refractivity contribution in [3.8, 4) is 0 Å². The van der Waals surface area contributed by atoms with Gasteiger partial charge in [0.25, 0.3) is 0 Å². The van der Waals surface area contributed by atoms with Crippen LogP contribution in [0.25, 0.3) is 0 Å². The highest BCUT2D eigenvalue weighted by Crippen LogP contribution is 2.48. The Morgan fingerprint density at radius 1 is 1.09 bits per heavy atom. The van der Waals surface area contributed by atoms with Gasteiger partial charge in [-0.3, -0.25) is 0 Å². The number of rotatable bonds is 3. The average Bonchev–Trinajstić information content (AvgIpc) is 2.78. The Morgan fingerprint density at radius 2 is 1.77 bits per heavy atom. The van der Waals surface area contributed by atoms with E-state index in [4.69, 9.17) is 28.8 Å². The fourth-order valence-electron chi connectivity index (χ4n) is 3.34. The van der Waals surface area contributed by atoms with E-state index in [-0.39, 0.29) is 31.0 Å². The Bertz CT molecular complexity index is 561. The van der Waals surface area contributed by atoms with Crippen LogP contribution in [-0.4, -0.2) is 56.5 Å². The van der Waals surface area contributed by atoms with Crippen molar-refractivity contribution in [2.24, 2.45) is 5.14 Å². The quantitative estimate of drug-likeness (QED) is 0.776. The maximum absolute atomic E-state index is 11.3. The molecule has 2 N–H and O–H groups in total. The predicted octanol–water partition coefficient (Wildman–Crippen LogP) is 0.0631. The molecule has 3 saturated heterocycles. The van der Waals surface area contributed by atoms with Crippen molar-refractivity contribution >= 4 is 10.0 Å². The van der Waals surface area contributed by atoms with E-state index < -0.39 is 33.5 Å². The molecule has 9 heteroatoms. The van der Waals surface area contributed by atoms with Gasteiger partial charge < -0.3 is 23.7 Å². The molecule has 3 aliphatic heterocycles. The molecule has 3 fully saturated rings. The molecule has 0 aliphatic carbocycles. The lowest BCUT2D eigenvalue weighted by molar-refractivity contribution is -0.281. The van der Waals surface area contributed by atoms with Crippen LogP contribution in [0.3, 0.4) is 0 Å². The van der Waals surface area contributed by atoms with E-state index in [1.165, 1.54) is 0 Å². The molecular formula is C13H23NO7S. The van der Waals surface area contributed by atoms with Crippen LogP contribution in [0, 0.1) is 0 Å². The molecule has 0 unspecified atom stereocenters. The first-order valence-corrected chi connectivity index (χ1v) is 9.01. The molecule has 0 radical (unpaired) electrons. The highest BCUT2D eigenvalue weighted by molar-refractivity contribution is 7.89. The Labute approximate surface area is 130 Å². The minimum absolute atomic E-state index is 0.0763. The molecule has 0 aromatic heterocycles. The van der Waals surface area contributed by atoms with Gasteiger partial charge in [0, 0.05) is 6.42 Å². The first-order valence-electron chi connectivity index (χ1n) is 7.30. The van der Waals surface area contributed by atoms with Crippen LogP contribution in [-0.2, 0) is 33.7 Å². The molecule has 0 aromatic carbocycles. The second-order valence-corrected chi connectivity index (χ2v) is 8.65. The Morgan fingerprint density at radius 3 is 2.41 bits per heavy atom. The summed E-state index contributed by atoms with van der Waals surface area (Å²) < 4.78 is 52.1. The van der Waals surface area contributed by atoms with Gasteiger partial charge in [0.05, 0.1) is 12.4 Å². The molecule has 3 heterocycles. The third kappa shape index (κ3) is 3.03. The van der Waals surface area contributed by atoms with Crippen molar-refractivity contribution in [3.05, 3.63) is 0 Å². The number of hydrogen-bond acceptors (Lipinski definition) is 7. The Kier molecular flexibility index (Phi) is 3.65. The summed E-state index contributed by atoms with van der Waals surface area (Å²) in [5.41, 5.74) is 0. The average molecular weight is 337 g/mol. The summed E-state index contributed by atoms with van der Waals surface area (Å²) in [6.07, 6.45) is -1.16. The first kappa shape index (κ1) is 16.6. The molecule has 0 amide bonds. The van der Waals surface area contributed by atoms with Gasteiger partial charge in [-0.1, -0.05) is 0 Å². The van der Waals surface area contributed by atoms with E-state index in [1.54, 1.807) is 13.8 Å². The monoisotopic (exact) mass is 337 g/mol. The smallest absolute Gasteiger partial charge is 0.209 e. The van der Waals surface area contributed by atoms with Gasteiger partial charge in [-0.05, 0) is 27.7 Å². The Hall–Kier alpha value is -0.290. The van der Waals surface area contributed by atoms with Crippen LogP contribution >= 0.6 is 0 Å². The van der Waals surface area contributed by atoms with Crippen LogP contribution in [0.1, 0.15) is 34.1 Å². The normalized spacial score (nSPS) is 42.9. The van der Waals surface area contributed by atoms with Crippen LogP contribution in [0.15, 0.2) is 0 Å². The number of nitrogens with two attached hydrogens (primary N) is 1. The number of ether oxygens (including phenoxy) is 5. The zero-order chi connectivity index (χ0) is 16.4. The molecular weight excluding hydrogens is 314 g/mol. The number of fused-ring (bicyclic) bond motifs is 3. The molecule has 22 heavy (non-hydrogen) atoms. The number of sulfonamides is 1. The van der Waals surface area contributed by atoms with E-state index >= 15 is 0 Å². The maximum Gasteiger partial charge on any atom is 0.209 e. The fraction of sp³-hybridized carbons (Fsp3) is 1.00. The van der Waals surface area contributed by atoms with Gasteiger partial charge in [0.1, 0.15) is 18.3 Å². The van der Waals surface area contributed by atoms with Gasteiger partial charge >= 0.3 is 0 Å². The van der Waals surface area contributed by atoms with E-state index in [0.717, 1.165) is 0 Å². The SMILES string of the molecule is CC1(C)O[C@@H]2[C@@H](CO[C@@]3(CCS(N)(=O)=O)OC(C)(C)O[C@@H]23)O1. The van der Waals surface area contributed by atoms with Crippen LogP contribution in [0.4, 0.5) is 0 Å². The third-order valence-electron chi connectivity index (χ3n) is 4.01. The standard InChI is InChI=1S/C13H23NO7S/c1-11(2)18-8-7-17-13(5-6-22(14,15)16)10(9(8)19-11)20-12(3,4)21-13/h8-10H,5-7H2,1-4H3,(H2,14,15,16)/t8-,9-,10+,13+/m1/s1. The maximum atomic E-state index is 11.3. The molecule has 0 spiro atoms. The molecule has 128 valence electrons. The fourth-order valence-corrected chi connectivity index (χ4v) is 3.91. The zero-order valence-corrected chi connectivity index (χ0v) is 14.0. The number of primary sulfonamides is 1. The second-order valence-electron chi connectivity index (χ2n) is 6.92. The highest BCUT2D eigenvalue weighted by atomic mass is 32.2. The van der Waals surface area contributed by atoms with Gasteiger partial charge in [-0.2, -0.15) is 0 Å². The lowest BCUT2D eigenvalue weighted by Crippen LogP contribution is -2.59. The second kappa shape index (κ2) is 4.85. The summed E-state index contributed by atoms with van der Waals surface area (Å²) >= 11 is 0. The summed E-state index contributed by atoms with van der Waals surface area (Å²) in [5.74, 6) is -3.11. The third-order valence-corrected chi connectivity index (χ3v) is 4.78.